The lowest BCUT2D eigenvalue weighted by Crippen LogP contribution is -2.11. The molecule has 74 heavy (non-hydrogen) atoms. The van der Waals surface area contributed by atoms with Crippen LogP contribution in [0.4, 0.5) is 34.1 Å². The van der Waals surface area contributed by atoms with Crippen LogP contribution in [0.5, 0.6) is 0 Å². The summed E-state index contributed by atoms with van der Waals surface area (Å²) in [6.45, 7) is 0. The van der Waals surface area contributed by atoms with E-state index in [1.165, 1.54) is 152 Å². The maximum absolute atomic E-state index is 2.46. The SMILES string of the molecule is c1ccc(N(c2ccc(-c3ccc(N(c4ccccc4)c4cc5ccc6ccc7ccc8ccc9ccc4c4c9c8c7c6c54)cc3)cc2)c2cc3ccc4ccc5ccc6ccc7ccc2c2c7c6c5c4c32)cc1. The molecular weight excluding hydrogens is 893 g/mol. The average molecular weight is 933 g/mol. The molecule has 338 valence electrons. The number of hydrogen-bond donors (Lipinski definition) is 0. The van der Waals surface area contributed by atoms with E-state index in [0.29, 0.717) is 0 Å². The zero-order chi connectivity index (χ0) is 47.9. The van der Waals surface area contributed by atoms with Gasteiger partial charge in [-0.2, -0.15) is 0 Å². The van der Waals surface area contributed by atoms with Gasteiger partial charge in [-0.3, -0.25) is 0 Å². The maximum Gasteiger partial charge on any atom is 0.0546 e. The van der Waals surface area contributed by atoms with E-state index in [0.717, 1.165) is 22.7 Å². The summed E-state index contributed by atoms with van der Waals surface area (Å²) < 4.78 is 0. The molecule has 2 nitrogen and oxygen atoms in total. The van der Waals surface area contributed by atoms with Gasteiger partial charge in [0, 0.05) is 44.3 Å². The first-order valence-electron chi connectivity index (χ1n) is 25.8. The van der Waals surface area contributed by atoms with Crippen LogP contribution in [-0.2, 0) is 0 Å². The van der Waals surface area contributed by atoms with Crippen molar-refractivity contribution in [2.75, 3.05) is 9.80 Å². The van der Waals surface area contributed by atoms with Crippen molar-refractivity contribution in [3.63, 3.8) is 0 Å². The van der Waals surface area contributed by atoms with E-state index in [9.17, 15) is 0 Å². The number of nitrogens with zero attached hydrogens (tertiary/aromatic N) is 2. The number of para-hydroxylation sites is 2. The van der Waals surface area contributed by atoms with Crippen LogP contribution >= 0.6 is 0 Å². The van der Waals surface area contributed by atoms with Gasteiger partial charge in [-0.1, -0.05) is 182 Å². The summed E-state index contributed by atoms with van der Waals surface area (Å²) in [6.07, 6.45) is 0. The molecule has 0 aliphatic carbocycles. The van der Waals surface area contributed by atoms with Crippen LogP contribution in [0.15, 0.2) is 243 Å². The Bertz CT molecular complexity index is 4770. The first-order valence-corrected chi connectivity index (χ1v) is 25.8. The molecule has 0 fully saturated rings. The fourth-order valence-corrected chi connectivity index (χ4v) is 13.9. The fourth-order valence-electron chi connectivity index (χ4n) is 13.9. The van der Waals surface area contributed by atoms with Gasteiger partial charge in [0.1, 0.15) is 0 Å². The average Bonchev–Trinajstić information content (AvgIpc) is 3.47. The highest BCUT2D eigenvalue weighted by Crippen LogP contribution is 2.54. The van der Waals surface area contributed by atoms with Crippen LogP contribution in [0.25, 0.3) is 140 Å². The quantitative estimate of drug-likeness (QED) is 0.116. The van der Waals surface area contributed by atoms with Crippen molar-refractivity contribution in [3.05, 3.63) is 243 Å². The summed E-state index contributed by atoms with van der Waals surface area (Å²) in [7, 11) is 0. The Balaban J connectivity index is 0.784. The molecule has 0 atom stereocenters. The first kappa shape index (κ1) is 38.9. The summed E-state index contributed by atoms with van der Waals surface area (Å²) in [4.78, 5) is 4.92. The fraction of sp³-hybridized carbons (Fsp3) is 0. The van der Waals surface area contributed by atoms with Crippen LogP contribution in [0.2, 0.25) is 0 Å². The minimum Gasteiger partial charge on any atom is -0.310 e. The van der Waals surface area contributed by atoms with E-state index in [4.69, 9.17) is 0 Å². The summed E-state index contributed by atoms with van der Waals surface area (Å²) in [5, 5.41) is 31.9. The van der Waals surface area contributed by atoms with Gasteiger partial charge < -0.3 is 9.80 Å². The Morgan fingerprint density at radius 3 is 0.703 bits per heavy atom. The molecule has 18 aromatic carbocycles. The lowest BCUT2D eigenvalue weighted by Gasteiger charge is -2.29. The molecule has 0 aliphatic rings. The Morgan fingerprint density at radius 1 is 0.176 bits per heavy atom. The molecule has 0 unspecified atom stereocenters. The molecule has 18 rings (SSSR count). The monoisotopic (exact) mass is 932 g/mol. The third kappa shape index (κ3) is 4.99. The highest BCUT2D eigenvalue weighted by Gasteiger charge is 2.27. The third-order valence-corrected chi connectivity index (χ3v) is 17.1. The highest BCUT2D eigenvalue weighted by molar-refractivity contribution is 6.47. The minimum atomic E-state index is 1.11. The predicted octanol–water partition coefficient (Wildman–Crippen LogP) is 20.8. The number of benzene rings is 18. The molecule has 0 saturated carbocycles. The van der Waals surface area contributed by atoms with Crippen LogP contribution in [0.1, 0.15) is 0 Å². The molecule has 0 saturated heterocycles. The van der Waals surface area contributed by atoms with Gasteiger partial charge in [0.15, 0.2) is 0 Å². The van der Waals surface area contributed by atoms with Gasteiger partial charge >= 0.3 is 0 Å². The van der Waals surface area contributed by atoms with Gasteiger partial charge in [-0.15, -0.1) is 0 Å². The largest absolute Gasteiger partial charge is 0.310 e. The van der Waals surface area contributed by atoms with Crippen LogP contribution in [0, 0.1) is 0 Å². The van der Waals surface area contributed by atoms with Crippen LogP contribution in [-0.4, -0.2) is 0 Å². The number of anilines is 6. The van der Waals surface area contributed by atoms with Crippen LogP contribution in [0.3, 0.4) is 0 Å². The molecule has 0 bridgehead atoms. The zero-order valence-electron chi connectivity index (χ0n) is 40.0. The van der Waals surface area contributed by atoms with E-state index < -0.39 is 0 Å². The van der Waals surface area contributed by atoms with Gasteiger partial charge in [0.25, 0.3) is 0 Å². The second-order valence-corrected chi connectivity index (χ2v) is 20.7. The minimum absolute atomic E-state index is 1.11. The van der Waals surface area contributed by atoms with Crippen molar-refractivity contribution >= 4 is 163 Å². The summed E-state index contributed by atoms with van der Waals surface area (Å²) >= 11 is 0. The standard InChI is InChI=1S/C72H40N2/c1-3-7-53(8-4-1)73(59-39-51-25-23-47-17-13-43-11-15-45-19-21-49-31-37-57(59)71-67(49)63(45)61(43)65(47)69(51)71)55-33-27-41(28-34-55)42-29-35-56(36-30-42)74(54-9-5-2-6-10-54)60-40-52-26-24-48-18-14-44-12-16-46-20-22-50-32-38-58(60)72-68(50)64(46)62(44)66(48)70(52)72/h1-40H. The van der Waals surface area contributed by atoms with E-state index in [1.54, 1.807) is 0 Å². The molecule has 0 amide bonds. The predicted molar refractivity (Wildman–Crippen MR) is 318 cm³/mol. The van der Waals surface area contributed by atoms with Gasteiger partial charge in [0.05, 0.1) is 11.4 Å². The molecule has 0 radical (unpaired) electrons. The second-order valence-electron chi connectivity index (χ2n) is 20.7. The van der Waals surface area contributed by atoms with Gasteiger partial charge in [-0.05, 0) is 180 Å². The molecule has 0 aliphatic heterocycles. The Hall–Kier alpha value is -9.76. The van der Waals surface area contributed by atoms with Crippen molar-refractivity contribution < 1.29 is 0 Å². The van der Waals surface area contributed by atoms with Crippen molar-refractivity contribution in [1.29, 1.82) is 0 Å². The van der Waals surface area contributed by atoms with Crippen LogP contribution < -0.4 is 9.80 Å². The second kappa shape index (κ2) is 14.0. The van der Waals surface area contributed by atoms with Gasteiger partial charge in [0.2, 0.25) is 0 Å². The molecular formula is C72H40N2. The molecule has 2 heteroatoms. The first-order chi connectivity index (χ1) is 36.7. The Morgan fingerprint density at radius 2 is 0.405 bits per heavy atom. The summed E-state index contributed by atoms with van der Waals surface area (Å²) in [5.41, 5.74) is 9.18. The zero-order valence-corrected chi connectivity index (χ0v) is 40.0. The Labute approximate surface area is 424 Å². The van der Waals surface area contributed by atoms with E-state index in [2.05, 4.69) is 252 Å². The molecule has 0 N–H and O–H groups in total. The lowest BCUT2D eigenvalue weighted by atomic mass is 9.82. The van der Waals surface area contributed by atoms with E-state index in [1.807, 2.05) is 0 Å². The summed E-state index contributed by atoms with van der Waals surface area (Å²) in [6, 6.07) is 91.4. The smallest absolute Gasteiger partial charge is 0.0546 e. The third-order valence-electron chi connectivity index (χ3n) is 17.1. The Kier molecular flexibility index (Phi) is 7.37. The van der Waals surface area contributed by atoms with Crippen molar-refractivity contribution in [3.8, 4) is 11.1 Å². The normalized spacial score (nSPS) is 12.6. The molecule has 0 spiro atoms. The molecule has 0 heterocycles. The lowest BCUT2D eigenvalue weighted by molar-refractivity contribution is 1.30. The van der Waals surface area contributed by atoms with Crippen molar-refractivity contribution in [2.45, 2.75) is 0 Å². The number of hydrogen-bond acceptors (Lipinski definition) is 2. The van der Waals surface area contributed by atoms with Gasteiger partial charge in [-0.25, -0.2) is 0 Å². The summed E-state index contributed by atoms with van der Waals surface area (Å²) in [5.74, 6) is 0. The van der Waals surface area contributed by atoms with Crippen molar-refractivity contribution in [1.82, 2.24) is 0 Å². The molecule has 0 aromatic heterocycles. The number of rotatable bonds is 7. The van der Waals surface area contributed by atoms with Crippen molar-refractivity contribution in [2.24, 2.45) is 0 Å². The maximum atomic E-state index is 2.46. The topological polar surface area (TPSA) is 6.48 Å². The van der Waals surface area contributed by atoms with E-state index >= 15 is 0 Å². The molecule has 18 aromatic rings. The van der Waals surface area contributed by atoms with E-state index in [-0.39, 0.29) is 0 Å². The highest BCUT2D eigenvalue weighted by atomic mass is 15.1.